The summed E-state index contributed by atoms with van der Waals surface area (Å²) >= 11 is 0. The minimum absolute atomic E-state index is 0.00428. The summed E-state index contributed by atoms with van der Waals surface area (Å²) in [6.07, 6.45) is -0.341. The lowest BCUT2D eigenvalue weighted by atomic mass is 10.0. The van der Waals surface area contributed by atoms with Crippen molar-refractivity contribution in [3.05, 3.63) is 48.0 Å². The van der Waals surface area contributed by atoms with Gasteiger partial charge in [0.2, 0.25) is 0 Å². The molecule has 5 heteroatoms. The van der Waals surface area contributed by atoms with Crippen molar-refractivity contribution in [3.8, 4) is 0 Å². The zero-order valence-electron chi connectivity index (χ0n) is 14.2. The second kappa shape index (κ2) is 6.51. The van der Waals surface area contributed by atoms with Crippen LogP contribution in [-0.2, 0) is 4.74 Å². The average molecular weight is 326 g/mol. The molecular formula is C19H22N2O3. The molecule has 0 spiro atoms. The molecular weight excluding hydrogens is 304 g/mol. The highest BCUT2D eigenvalue weighted by Gasteiger charge is 2.35. The molecule has 1 fully saturated rings. The maximum Gasteiger partial charge on any atom is 0.409 e. The van der Waals surface area contributed by atoms with Crippen LogP contribution in [0.2, 0.25) is 0 Å². The van der Waals surface area contributed by atoms with E-state index in [1.807, 2.05) is 61.2 Å². The van der Waals surface area contributed by atoms with E-state index in [-0.39, 0.29) is 24.1 Å². The third-order valence-corrected chi connectivity index (χ3v) is 4.65. The molecule has 1 heterocycles. The molecule has 0 aromatic heterocycles. The molecule has 2 amide bonds. The van der Waals surface area contributed by atoms with Crippen molar-refractivity contribution in [2.24, 2.45) is 0 Å². The molecule has 0 radical (unpaired) electrons. The van der Waals surface area contributed by atoms with Crippen molar-refractivity contribution in [3.63, 3.8) is 0 Å². The Balaban J connectivity index is 1.82. The van der Waals surface area contributed by atoms with Gasteiger partial charge in [0, 0.05) is 30.7 Å². The Morgan fingerprint density at radius 3 is 2.29 bits per heavy atom. The molecule has 0 bridgehead atoms. The van der Waals surface area contributed by atoms with Crippen molar-refractivity contribution in [1.82, 2.24) is 9.80 Å². The molecule has 0 aliphatic carbocycles. The van der Waals surface area contributed by atoms with Gasteiger partial charge in [0.15, 0.2) is 0 Å². The van der Waals surface area contributed by atoms with Gasteiger partial charge in [-0.25, -0.2) is 4.79 Å². The summed E-state index contributed by atoms with van der Waals surface area (Å²) in [6, 6.07) is 13.6. The SMILES string of the molecule is COC(=O)N1C[C@@H](C)N(C(=O)c2ccc3ccccc3c2)C[C@@H]1C. The molecule has 1 saturated heterocycles. The van der Waals surface area contributed by atoms with Crippen LogP contribution in [0, 0.1) is 0 Å². The Labute approximate surface area is 141 Å². The second-order valence-corrected chi connectivity index (χ2v) is 6.34. The highest BCUT2D eigenvalue weighted by molar-refractivity contribution is 5.98. The van der Waals surface area contributed by atoms with Crippen LogP contribution in [0.3, 0.4) is 0 Å². The zero-order chi connectivity index (χ0) is 17.3. The van der Waals surface area contributed by atoms with Crippen molar-refractivity contribution in [1.29, 1.82) is 0 Å². The molecule has 3 rings (SSSR count). The van der Waals surface area contributed by atoms with E-state index in [1.165, 1.54) is 7.11 Å². The molecule has 0 unspecified atom stereocenters. The summed E-state index contributed by atoms with van der Waals surface area (Å²) < 4.78 is 4.82. The molecule has 2 atom stereocenters. The minimum Gasteiger partial charge on any atom is -0.453 e. The maximum absolute atomic E-state index is 12.9. The number of piperazine rings is 1. The fourth-order valence-corrected chi connectivity index (χ4v) is 3.27. The number of fused-ring (bicyclic) bond motifs is 1. The third-order valence-electron chi connectivity index (χ3n) is 4.65. The fraction of sp³-hybridized carbons (Fsp3) is 0.368. The van der Waals surface area contributed by atoms with Crippen LogP contribution in [0.1, 0.15) is 24.2 Å². The molecule has 24 heavy (non-hydrogen) atoms. The Morgan fingerprint density at radius 1 is 0.958 bits per heavy atom. The number of carbonyl (C=O) groups excluding carboxylic acids is 2. The van der Waals surface area contributed by atoms with Gasteiger partial charge < -0.3 is 14.5 Å². The first-order valence-corrected chi connectivity index (χ1v) is 8.15. The Bertz CT molecular complexity index is 774. The Hall–Kier alpha value is -2.56. The number of benzene rings is 2. The average Bonchev–Trinajstić information content (AvgIpc) is 2.61. The zero-order valence-corrected chi connectivity index (χ0v) is 14.2. The van der Waals surface area contributed by atoms with Crippen molar-refractivity contribution >= 4 is 22.8 Å². The Kier molecular flexibility index (Phi) is 4.42. The van der Waals surface area contributed by atoms with E-state index < -0.39 is 0 Å². The first kappa shape index (κ1) is 16.3. The highest BCUT2D eigenvalue weighted by Crippen LogP contribution is 2.21. The normalized spacial score (nSPS) is 21.0. The van der Waals surface area contributed by atoms with Crippen molar-refractivity contribution < 1.29 is 14.3 Å². The van der Waals surface area contributed by atoms with Crippen LogP contribution >= 0.6 is 0 Å². The number of hydrogen-bond acceptors (Lipinski definition) is 3. The van der Waals surface area contributed by atoms with Gasteiger partial charge in [-0.15, -0.1) is 0 Å². The number of rotatable bonds is 1. The van der Waals surface area contributed by atoms with Gasteiger partial charge in [-0.2, -0.15) is 0 Å². The maximum atomic E-state index is 12.9. The van der Waals surface area contributed by atoms with Crippen LogP contribution < -0.4 is 0 Å². The second-order valence-electron chi connectivity index (χ2n) is 6.34. The summed E-state index contributed by atoms with van der Waals surface area (Å²) in [5.74, 6) is 0.00428. The standard InChI is InChI=1S/C19H22N2O3/c1-13-12-21(19(23)24-3)14(2)11-20(13)18(22)17-9-8-15-6-4-5-7-16(15)10-17/h4-10,13-14H,11-12H2,1-3H3/t13-,14+/m1/s1. The summed E-state index contributed by atoms with van der Waals surface area (Å²) in [6.45, 7) is 4.87. The lowest BCUT2D eigenvalue weighted by Crippen LogP contribution is -2.59. The van der Waals surface area contributed by atoms with Gasteiger partial charge in [-0.05, 0) is 36.8 Å². The van der Waals surface area contributed by atoms with E-state index in [2.05, 4.69) is 0 Å². The summed E-state index contributed by atoms with van der Waals surface area (Å²) in [5, 5.41) is 2.17. The summed E-state index contributed by atoms with van der Waals surface area (Å²) in [4.78, 5) is 28.3. The van der Waals surface area contributed by atoms with Crippen molar-refractivity contribution in [2.75, 3.05) is 20.2 Å². The smallest absolute Gasteiger partial charge is 0.409 e. The number of amides is 2. The fourth-order valence-electron chi connectivity index (χ4n) is 3.27. The van der Waals surface area contributed by atoms with Crippen LogP contribution in [0.15, 0.2) is 42.5 Å². The predicted octanol–water partition coefficient (Wildman–Crippen LogP) is 3.14. The molecule has 5 nitrogen and oxygen atoms in total. The largest absolute Gasteiger partial charge is 0.453 e. The first-order valence-electron chi connectivity index (χ1n) is 8.15. The van der Waals surface area contributed by atoms with E-state index in [4.69, 9.17) is 4.74 Å². The molecule has 2 aromatic carbocycles. The van der Waals surface area contributed by atoms with Gasteiger partial charge in [0.1, 0.15) is 0 Å². The van der Waals surface area contributed by atoms with Crippen LogP contribution in [0.25, 0.3) is 10.8 Å². The quantitative estimate of drug-likeness (QED) is 0.809. The van der Waals surface area contributed by atoms with E-state index in [9.17, 15) is 9.59 Å². The van der Waals surface area contributed by atoms with Crippen LogP contribution in [0.4, 0.5) is 4.79 Å². The minimum atomic E-state index is -0.341. The number of methoxy groups -OCH3 is 1. The first-order chi connectivity index (χ1) is 11.5. The van der Waals surface area contributed by atoms with E-state index in [0.717, 1.165) is 10.8 Å². The van der Waals surface area contributed by atoms with E-state index in [1.54, 1.807) is 4.90 Å². The molecule has 126 valence electrons. The lowest BCUT2D eigenvalue weighted by Gasteiger charge is -2.43. The Morgan fingerprint density at radius 2 is 1.58 bits per heavy atom. The van der Waals surface area contributed by atoms with Gasteiger partial charge in [0.25, 0.3) is 5.91 Å². The number of nitrogens with zero attached hydrogens (tertiary/aromatic N) is 2. The van der Waals surface area contributed by atoms with Gasteiger partial charge in [-0.1, -0.05) is 30.3 Å². The number of hydrogen-bond donors (Lipinski definition) is 0. The summed E-state index contributed by atoms with van der Waals surface area (Å²) in [5.41, 5.74) is 0.680. The topological polar surface area (TPSA) is 49.9 Å². The monoisotopic (exact) mass is 326 g/mol. The van der Waals surface area contributed by atoms with Crippen molar-refractivity contribution in [2.45, 2.75) is 25.9 Å². The number of carbonyl (C=O) groups is 2. The van der Waals surface area contributed by atoms with Crippen LogP contribution in [-0.4, -0.2) is 54.1 Å². The number of ether oxygens (including phenoxy) is 1. The van der Waals surface area contributed by atoms with E-state index in [0.29, 0.717) is 18.7 Å². The molecule has 1 aliphatic heterocycles. The third kappa shape index (κ3) is 2.94. The lowest BCUT2D eigenvalue weighted by molar-refractivity contribution is 0.0289. The predicted molar refractivity (Wildman–Crippen MR) is 93.0 cm³/mol. The molecule has 0 saturated carbocycles. The van der Waals surface area contributed by atoms with Gasteiger partial charge >= 0.3 is 6.09 Å². The van der Waals surface area contributed by atoms with Gasteiger partial charge in [-0.3, -0.25) is 4.79 Å². The highest BCUT2D eigenvalue weighted by atomic mass is 16.5. The summed E-state index contributed by atoms with van der Waals surface area (Å²) in [7, 11) is 1.38. The molecule has 1 aliphatic rings. The van der Waals surface area contributed by atoms with Crippen LogP contribution in [0.5, 0.6) is 0 Å². The van der Waals surface area contributed by atoms with Gasteiger partial charge in [0.05, 0.1) is 7.11 Å². The van der Waals surface area contributed by atoms with E-state index >= 15 is 0 Å². The molecule has 0 N–H and O–H groups in total. The molecule has 2 aromatic rings.